The molecule has 0 amide bonds. The van der Waals surface area contributed by atoms with Crippen LogP contribution >= 0.6 is 11.3 Å². The van der Waals surface area contributed by atoms with Gasteiger partial charge in [-0.2, -0.15) is 0 Å². The van der Waals surface area contributed by atoms with Crippen LogP contribution in [0.5, 0.6) is 0 Å². The number of aromatic carboxylic acids is 4. The van der Waals surface area contributed by atoms with Crippen molar-refractivity contribution >= 4 is 35.2 Å². The van der Waals surface area contributed by atoms with E-state index in [1.807, 2.05) is 0 Å². The van der Waals surface area contributed by atoms with Gasteiger partial charge in [-0.3, -0.25) is 0 Å². The summed E-state index contributed by atoms with van der Waals surface area (Å²) in [5.74, 6) is -6.99. The summed E-state index contributed by atoms with van der Waals surface area (Å²) in [6.45, 7) is 0. The van der Waals surface area contributed by atoms with E-state index in [-0.39, 0.29) is 11.3 Å². The van der Waals surface area contributed by atoms with Crippen LogP contribution in [0.3, 0.4) is 0 Å². The Morgan fingerprint density at radius 1 is 0.647 bits per heavy atom. The third-order valence-electron chi connectivity index (χ3n) is 1.72. The van der Waals surface area contributed by atoms with Gasteiger partial charge >= 0.3 is 23.9 Å². The minimum absolute atomic E-state index is 0.0982. The Hall–Kier alpha value is -2.42. The summed E-state index contributed by atoms with van der Waals surface area (Å²) in [7, 11) is 0. The summed E-state index contributed by atoms with van der Waals surface area (Å²) in [6.07, 6.45) is 0. The number of hydrogen-bond donors (Lipinski definition) is 4. The summed E-state index contributed by atoms with van der Waals surface area (Å²) in [5, 5.41) is 34.8. The minimum atomic E-state index is -1.80. The van der Waals surface area contributed by atoms with Crippen LogP contribution in [-0.2, 0) is 0 Å². The monoisotopic (exact) mass is 260 g/mol. The number of rotatable bonds is 4. The van der Waals surface area contributed by atoms with E-state index in [0.717, 1.165) is 0 Å². The molecule has 0 aliphatic rings. The molecule has 0 saturated heterocycles. The van der Waals surface area contributed by atoms with Crippen LogP contribution in [0.15, 0.2) is 0 Å². The maximum atomic E-state index is 10.8. The highest BCUT2D eigenvalue weighted by Crippen LogP contribution is 2.29. The first kappa shape index (κ1) is 12.6. The van der Waals surface area contributed by atoms with E-state index in [9.17, 15) is 19.2 Å². The smallest absolute Gasteiger partial charge is 0.346 e. The topological polar surface area (TPSA) is 149 Å². The molecule has 4 N–H and O–H groups in total. The van der Waals surface area contributed by atoms with Crippen LogP contribution in [0.4, 0.5) is 0 Å². The highest BCUT2D eigenvalue weighted by Gasteiger charge is 2.33. The number of carboxylic acids is 4. The fourth-order valence-electron chi connectivity index (χ4n) is 1.14. The Morgan fingerprint density at radius 3 is 1.12 bits per heavy atom. The van der Waals surface area contributed by atoms with E-state index in [1.54, 1.807) is 0 Å². The molecule has 0 unspecified atom stereocenters. The molecule has 0 aromatic carbocycles. The van der Waals surface area contributed by atoms with Crippen molar-refractivity contribution in [2.45, 2.75) is 0 Å². The number of carbonyl (C=O) groups is 4. The number of carboxylic acid groups (broad SMARTS) is 4. The second kappa shape index (κ2) is 4.22. The van der Waals surface area contributed by atoms with Gasteiger partial charge in [-0.25, -0.2) is 19.2 Å². The molecule has 0 saturated carbocycles. The molecule has 1 aromatic rings. The zero-order valence-electron chi connectivity index (χ0n) is 7.83. The molecule has 8 nitrogen and oxygen atoms in total. The molecule has 0 fully saturated rings. The highest BCUT2D eigenvalue weighted by molar-refractivity contribution is 7.16. The first-order chi connectivity index (χ1) is 7.77. The Labute approximate surface area is 96.4 Å². The van der Waals surface area contributed by atoms with Crippen LogP contribution in [0, 0.1) is 0 Å². The molecule has 0 aliphatic carbocycles. The number of hydrogen-bond acceptors (Lipinski definition) is 5. The second-order valence-corrected chi connectivity index (χ2v) is 3.75. The number of thiophene rings is 1. The van der Waals surface area contributed by atoms with Gasteiger partial charge < -0.3 is 20.4 Å². The van der Waals surface area contributed by atoms with E-state index in [2.05, 4.69) is 0 Å². The summed E-state index contributed by atoms with van der Waals surface area (Å²) < 4.78 is 0. The van der Waals surface area contributed by atoms with Crippen molar-refractivity contribution in [1.82, 2.24) is 0 Å². The van der Waals surface area contributed by atoms with Gasteiger partial charge in [-0.15, -0.1) is 11.3 Å². The fraction of sp³-hybridized carbons (Fsp3) is 0. The Morgan fingerprint density at radius 2 is 0.941 bits per heavy atom. The molecule has 9 heteroatoms. The van der Waals surface area contributed by atoms with Gasteiger partial charge in [-0.1, -0.05) is 0 Å². The largest absolute Gasteiger partial charge is 0.478 e. The fourth-order valence-corrected chi connectivity index (χ4v) is 2.10. The van der Waals surface area contributed by atoms with Crippen molar-refractivity contribution in [3.05, 3.63) is 20.9 Å². The van der Waals surface area contributed by atoms with Crippen molar-refractivity contribution in [2.75, 3.05) is 0 Å². The lowest BCUT2D eigenvalue weighted by molar-refractivity contribution is 0.0628. The van der Waals surface area contributed by atoms with Crippen LogP contribution in [0.25, 0.3) is 0 Å². The molecule has 17 heavy (non-hydrogen) atoms. The summed E-state index contributed by atoms with van der Waals surface area (Å²) in [4.78, 5) is 41.3. The molecule has 0 aliphatic heterocycles. The lowest BCUT2D eigenvalue weighted by Crippen LogP contribution is -2.12. The van der Waals surface area contributed by atoms with Crippen molar-refractivity contribution in [3.63, 3.8) is 0 Å². The minimum Gasteiger partial charge on any atom is -0.478 e. The molecule has 1 rings (SSSR count). The molecule has 0 radical (unpaired) electrons. The van der Waals surface area contributed by atoms with Gasteiger partial charge in [-0.05, 0) is 0 Å². The third-order valence-corrected chi connectivity index (χ3v) is 2.89. The van der Waals surface area contributed by atoms with E-state index >= 15 is 0 Å². The lowest BCUT2D eigenvalue weighted by atomic mass is 10.1. The lowest BCUT2D eigenvalue weighted by Gasteiger charge is -1.96. The summed E-state index contributed by atoms with van der Waals surface area (Å²) in [5.41, 5.74) is -2.04. The van der Waals surface area contributed by atoms with Crippen molar-refractivity contribution in [2.24, 2.45) is 0 Å². The molecule has 90 valence electrons. The van der Waals surface area contributed by atoms with Crippen LogP contribution < -0.4 is 0 Å². The second-order valence-electron chi connectivity index (χ2n) is 2.73. The highest BCUT2D eigenvalue weighted by atomic mass is 32.1. The normalized spacial score (nSPS) is 9.88. The molecule has 0 bridgehead atoms. The van der Waals surface area contributed by atoms with E-state index in [1.165, 1.54) is 0 Å². The standard InChI is InChI=1S/C8H4O8S/c9-5(10)1-2(6(11)12)4(8(15)16)17-3(1)7(13)14/h(H,9,10)(H,11,12)(H,13,14)(H,15,16). The van der Waals surface area contributed by atoms with E-state index in [0.29, 0.717) is 0 Å². The molecule has 1 aromatic heterocycles. The average molecular weight is 260 g/mol. The van der Waals surface area contributed by atoms with E-state index in [4.69, 9.17) is 20.4 Å². The van der Waals surface area contributed by atoms with Crippen LogP contribution in [-0.4, -0.2) is 44.3 Å². The summed E-state index contributed by atoms with van der Waals surface area (Å²) >= 11 is 0.0982. The Kier molecular flexibility index (Phi) is 3.14. The molecule has 1 heterocycles. The zero-order valence-corrected chi connectivity index (χ0v) is 8.65. The quantitative estimate of drug-likeness (QED) is 0.612. The first-order valence-corrected chi connectivity index (χ1v) is 4.69. The van der Waals surface area contributed by atoms with Gasteiger partial charge in [0.2, 0.25) is 0 Å². The predicted molar refractivity (Wildman–Crippen MR) is 52.2 cm³/mol. The molecule has 0 spiro atoms. The summed E-state index contributed by atoms with van der Waals surface area (Å²) in [6, 6.07) is 0. The van der Waals surface area contributed by atoms with Crippen molar-refractivity contribution in [1.29, 1.82) is 0 Å². The Balaban J connectivity index is 3.73. The average Bonchev–Trinajstić information content (AvgIpc) is 2.56. The van der Waals surface area contributed by atoms with Gasteiger partial charge in [0.05, 0.1) is 0 Å². The maximum absolute atomic E-state index is 10.8. The predicted octanol–water partition coefficient (Wildman–Crippen LogP) is 0.541. The Bertz CT molecular complexity index is 493. The SMILES string of the molecule is O=C(O)c1sc(C(=O)O)c(C(=O)O)c1C(=O)O. The van der Waals surface area contributed by atoms with Gasteiger partial charge in [0.1, 0.15) is 20.9 Å². The van der Waals surface area contributed by atoms with Crippen molar-refractivity contribution < 1.29 is 39.6 Å². The van der Waals surface area contributed by atoms with Crippen molar-refractivity contribution in [3.8, 4) is 0 Å². The van der Waals surface area contributed by atoms with Crippen LogP contribution in [0.2, 0.25) is 0 Å². The maximum Gasteiger partial charge on any atom is 0.346 e. The molecular formula is C8H4O8S. The van der Waals surface area contributed by atoms with Gasteiger partial charge in [0.25, 0.3) is 0 Å². The first-order valence-electron chi connectivity index (χ1n) is 3.87. The van der Waals surface area contributed by atoms with Gasteiger partial charge in [0.15, 0.2) is 0 Å². The third kappa shape index (κ3) is 2.08. The van der Waals surface area contributed by atoms with Crippen LogP contribution in [0.1, 0.15) is 40.1 Å². The molecular weight excluding hydrogens is 256 g/mol. The molecule has 0 atom stereocenters. The van der Waals surface area contributed by atoms with E-state index < -0.39 is 44.8 Å². The van der Waals surface area contributed by atoms with Gasteiger partial charge in [0, 0.05) is 0 Å². The zero-order chi connectivity index (χ0) is 13.3.